The van der Waals surface area contributed by atoms with Crippen LogP contribution in [0.15, 0.2) is 24.3 Å². The number of aromatic hydroxyl groups is 1. The largest absolute Gasteiger partial charge is 0.508 e. The number of nitrogens with one attached hydrogen (secondary N) is 1. The van der Waals surface area contributed by atoms with Crippen molar-refractivity contribution in [3.05, 3.63) is 29.8 Å². The van der Waals surface area contributed by atoms with E-state index in [0.29, 0.717) is 13.1 Å². The molecule has 0 aliphatic heterocycles. The summed E-state index contributed by atoms with van der Waals surface area (Å²) in [7, 11) is 0. The summed E-state index contributed by atoms with van der Waals surface area (Å²) < 4.78 is 0. The van der Waals surface area contributed by atoms with Gasteiger partial charge in [-0.05, 0) is 29.5 Å². The topological polar surface area (TPSA) is 52.5 Å². The predicted molar refractivity (Wildman–Crippen MR) is 69.9 cm³/mol. The third kappa shape index (κ3) is 6.29. The fourth-order valence-electron chi connectivity index (χ4n) is 1.83. The molecule has 3 heteroatoms. The molecule has 0 aromatic heterocycles. The highest BCUT2D eigenvalue weighted by molar-refractivity contribution is 5.26. The maximum atomic E-state index is 9.81. The molecular weight excluding hydrogens is 214 g/mol. The molecule has 0 heterocycles. The van der Waals surface area contributed by atoms with Crippen molar-refractivity contribution in [3.8, 4) is 5.75 Å². The number of hydrogen-bond acceptors (Lipinski definition) is 3. The summed E-state index contributed by atoms with van der Waals surface area (Å²) in [6.07, 6.45) is 0.451. The van der Waals surface area contributed by atoms with Crippen LogP contribution in [0.25, 0.3) is 0 Å². The van der Waals surface area contributed by atoms with Gasteiger partial charge in [-0.15, -0.1) is 0 Å². The van der Waals surface area contributed by atoms with Gasteiger partial charge in [0.25, 0.3) is 0 Å². The van der Waals surface area contributed by atoms with Crippen LogP contribution < -0.4 is 5.32 Å². The van der Waals surface area contributed by atoms with Crippen molar-refractivity contribution < 1.29 is 10.2 Å². The normalized spacial score (nSPS) is 13.6. The van der Waals surface area contributed by atoms with Crippen LogP contribution in [0, 0.1) is 5.41 Å². The van der Waals surface area contributed by atoms with Gasteiger partial charge in [0.1, 0.15) is 5.75 Å². The number of benzene rings is 1. The Bertz CT molecular complexity index is 344. The fourth-order valence-corrected chi connectivity index (χ4v) is 1.83. The molecule has 1 aromatic carbocycles. The van der Waals surface area contributed by atoms with Crippen molar-refractivity contribution in [1.29, 1.82) is 0 Å². The summed E-state index contributed by atoms with van der Waals surface area (Å²) in [6, 6.07) is 7.14. The van der Waals surface area contributed by atoms with Gasteiger partial charge in [-0.2, -0.15) is 0 Å². The van der Waals surface area contributed by atoms with Gasteiger partial charge in [-0.25, -0.2) is 0 Å². The maximum absolute atomic E-state index is 9.81. The van der Waals surface area contributed by atoms with Crippen LogP contribution >= 0.6 is 0 Å². The molecule has 0 aliphatic carbocycles. The summed E-state index contributed by atoms with van der Waals surface area (Å²) in [6.45, 7) is 7.59. The lowest BCUT2D eigenvalue weighted by Gasteiger charge is -2.22. The molecule has 0 fully saturated rings. The van der Waals surface area contributed by atoms with Gasteiger partial charge in [0.05, 0.1) is 6.10 Å². The second-order valence-electron chi connectivity index (χ2n) is 5.72. The van der Waals surface area contributed by atoms with Gasteiger partial charge < -0.3 is 15.5 Å². The van der Waals surface area contributed by atoms with Gasteiger partial charge in [-0.3, -0.25) is 0 Å². The Labute approximate surface area is 103 Å². The van der Waals surface area contributed by atoms with E-state index in [-0.39, 0.29) is 17.3 Å². The molecule has 0 amide bonds. The molecule has 0 radical (unpaired) electrons. The summed E-state index contributed by atoms with van der Waals surface area (Å²) in [5, 5.41) is 22.3. The van der Waals surface area contributed by atoms with Crippen LogP contribution in [-0.2, 0) is 6.54 Å². The van der Waals surface area contributed by atoms with Crippen LogP contribution in [0.3, 0.4) is 0 Å². The minimum absolute atomic E-state index is 0.145. The SMILES string of the molecule is CC(C)(C)CC(O)CNCc1cccc(O)c1. The number of aliphatic hydroxyl groups is 1. The molecule has 0 bridgehead atoms. The Morgan fingerprint density at radius 1 is 1.29 bits per heavy atom. The van der Waals surface area contributed by atoms with Gasteiger partial charge in [0.2, 0.25) is 0 Å². The number of phenols is 1. The quantitative estimate of drug-likeness (QED) is 0.736. The van der Waals surface area contributed by atoms with E-state index in [1.165, 1.54) is 0 Å². The Hall–Kier alpha value is -1.06. The van der Waals surface area contributed by atoms with Gasteiger partial charge in [0.15, 0.2) is 0 Å². The van der Waals surface area contributed by atoms with Crippen molar-refractivity contribution in [1.82, 2.24) is 5.32 Å². The molecule has 0 spiro atoms. The van der Waals surface area contributed by atoms with Crippen LogP contribution in [-0.4, -0.2) is 22.9 Å². The lowest BCUT2D eigenvalue weighted by atomic mass is 9.89. The molecule has 1 atom stereocenters. The molecule has 1 aromatic rings. The lowest BCUT2D eigenvalue weighted by Crippen LogP contribution is -2.29. The first-order valence-corrected chi connectivity index (χ1v) is 6.03. The Balaban J connectivity index is 2.28. The van der Waals surface area contributed by atoms with Gasteiger partial charge in [0, 0.05) is 13.1 Å². The van der Waals surface area contributed by atoms with Crippen LogP contribution in [0.1, 0.15) is 32.8 Å². The number of phenolic OH excluding ortho intramolecular Hbond substituents is 1. The fraction of sp³-hybridized carbons (Fsp3) is 0.571. The molecule has 1 rings (SSSR count). The Kier molecular flexibility index (Phi) is 4.97. The van der Waals surface area contributed by atoms with E-state index in [1.807, 2.05) is 12.1 Å². The first kappa shape index (κ1) is 14.0. The van der Waals surface area contributed by atoms with E-state index >= 15 is 0 Å². The van der Waals surface area contributed by atoms with E-state index in [4.69, 9.17) is 0 Å². The zero-order valence-corrected chi connectivity index (χ0v) is 10.9. The molecule has 3 nitrogen and oxygen atoms in total. The number of rotatable bonds is 5. The standard InChI is InChI=1S/C14H23NO2/c1-14(2,3)8-13(17)10-15-9-11-5-4-6-12(16)7-11/h4-7,13,15-17H,8-10H2,1-3H3. The highest BCUT2D eigenvalue weighted by Gasteiger charge is 2.15. The Morgan fingerprint density at radius 2 is 2.00 bits per heavy atom. The predicted octanol–water partition coefficient (Wildman–Crippen LogP) is 2.28. The van der Waals surface area contributed by atoms with Crippen LogP contribution in [0.2, 0.25) is 0 Å². The molecule has 96 valence electrons. The first-order chi connectivity index (χ1) is 7.87. The van der Waals surface area contributed by atoms with Crippen LogP contribution in [0.5, 0.6) is 5.75 Å². The van der Waals surface area contributed by atoms with Gasteiger partial charge in [-0.1, -0.05) is 32.9 Å². The van der Waals surface area contributed by atoms with Gasteiger partial charge >= 0.3 is 0 Å². The first-order valence-electron chi connectivity index (χ1n) is 6.03. The van der Waals surface area contributed by atoms with Crippen molar-refractivity contribution in [2.75, 3.05) is 6.54 Å². The average molecular weight is 237 g/mol. The third-order valence-corrected chi connectivity index (χ3v) is 2.47. The molecule has 3 N–H and O–H groups in total. The monoisotopic (exact) mass is 237 g/mol. The minimum Gasteiger partial charge on any atom is -0.508 e. The highest BCUT2D eigenvalue weighted by Crippen LogP contribution is 2.20. The summed E-state index contributed by atoms with van der Waals surface area (Å²) in [4.78, 5) is 0. The maximum Gasteiger partial charge on any atom is 0.115 e. The number of aliphatic hydroxyl groups excluding tert-OH is 1. The molecule has 17 heavy (non-hydrogen) atoms. The average Bonchev–Trinajstić information content (AvgIpc) is 2.14. The molecule has 0 saturated carbocycles. The molecule has 0 saturated heterocycles. The second-order valence-corrected chi connectivity index (χ2v) is 5.72. The minimum atomic E-state index is -0.327. The smallest absolute Gasteiger partial charge is 0.115 e. The zero-order valence-electron chi connectivity index (χ0n) is 10.9. The van der Waals surface area contributed by atoms with E-state index in [9.17, 15) is 10.2 Å². The van der Waals surface area contributed by atoms with Crippen LogP contribution in [0.4, 0.5) is 0 Å². The van der Waals surface area contributed by atoms with E-state index < -0.39 is 0 Å². The van der Waals surface area contributed by atoms with Crippen molar-refractivity contribution in [3.63, 3.8) is 0 Å². The molecule has 1 unspecified atom stereocenters. The third-order valence-electron chi connectivity index (χ3n) is 2.47. The summed E-state index contributed by atoms with van der Waals surface area (Å²) >= 11 is 0. The van der Waals surface area contributed by atoms with Crippen molar-refractivity contribution in [2.45, 2.75) is 39.8 Å². The Morgan fingerprint density at radius 3 is 2.59 bits per heavy atom. The summed E-state index contributed by atoms with van der Waals surface area (Å²) in [5.74, 6) is 0.277. The van der Waals surface area contributed by atoms with E-state index in [0.717, 1.165) is 12.0 Å². The lowest BCUT2D eigenvalue weighted by molar-refractivity contribution is 0.119. The zero-order chi connectivity index (χ0) is 12.9. The molecule has 0 aliphatic rings. The van der Waals surface area contributed by atoms with E-state index in [2.05, 4.69) is 26.1 Å². The highest BCUT2D eigenvalue weighted by atomic mass is 16.3. The van der Waals surface area contributed by atoms with E-state index in [1.54, 1.807) is 12.1 Å². The number of hydrogen-bond donors (Lipinski definition) is 3. The van der Waals surface area contributed by atoms with Crippen molar-refractivity contribution >= 4 is 0 Å². The second kappa shape index (κ2) is 6.03. The molecular formula is C14H23NO2. The summed E-state index contributed by atoms with van der Waals surface area (Å²) in [5.41, 5.74) is 1.17. The van der Waals surface area contributed by atoms with Crippen molar-refractivity contribution in [2.24, 2.45) is 5.41 Å².